The van der Waals surface area contributed by atoms with Gasteiger partial charge in [0.1, 0.15) is 6.04 Å². The number of hydrogen-bond donors (Lipinski definition) is 1. The van der Waals surface area contributed by atoms with E-state index in [2.05, 4.69) is 11.4 Å². The summed E-state index contributed by atoms with van der Waals surface area (Å²) in [6.07, 6.45) is 6.94. The highest BCUT2D eigenvalue weighted by Gasteiger charge is 2.55. The highest BCUT2D eigenvalue weighted by Crippen LogP contribution is 2.60. The van der Waals surface area contributed by atoms with Gasteiger partial charge in [-0.05, 0) is 56.3 Å². The molecule has 5 heteroatoms. The van der Waals surface area contributed by atoms with Crippen LogP contribution in [0.5, 0.6) is 0 Å². The van der Waals surface area contributed by atoms with E-state index < -0.39 is 12.0 Å². The number of nitriles is 1. The Morgan fingerprint density at radius 3 is 2.17 bits per heavy atom. The number of nitrogens with one attached hydrogen (secondary N) is 1. The van der Waals surface area contributed by atoms with Crippen LogP contribution in [0.3, 0.4) is 0 Å². The molecule has 1 N–H and O–H groups in total. The van der Waals surface area contributed by atoms with Gasteiger partial charge >= 0.3 is 5.97 Å². The number of esters is 1. The van der Waals surface area contributed by atoms with Crippen LogP contribution in [0.2, 0.25) is 0 Å². The lowest BCUT2D eigenvalue weighted by Gasteiger charge is -2.55. The summed E-state index contributed by atoms with van der Waals surface area (Å²) in [5, 5.41) is 11.8. The minimum absolute atomic E-state index is 0.0109. The number of carbonyl (C=O) groups excluding carboxylic acids is 2. The van der Waals surface area contributed by atoms with Gasteiger partial charge in [0, 0.05) is 17.8 Å². The number of methoxy groups -OCH3 is 1. The molecule has 0 aromatic carbocycles. The molecule has 0 aromatic rings. The Morgan fingerprint density at radius 2 is 1.74 bits per heavy atom. The Bertz CT molecular complexity index is 502. The molecule has 4 fully saturated rings. The first kappa shape index (κ1) is 16.3. The van der Waals surface area contributed by atoms with Crippen LogP contribution in [-0.4, -0.2) is 25.0 Å². The van der Waals surface area contributed by atoms with E-state index in [1.54, 1.807) is 0 Å². The summed E-state index contributed by atoms with van der Waals surface area (Å²) in [7, 11) is 1.32. The second kappa shape index (κ2) is 6.14. The Morgan fingerprint density at radius 1 is 1.22 bits per heavy atom. The molecule has 5 nitrogen and oxygen atoms in total. The van der Waals surface area contributed by atoms with Crippen LogP contribution in [0, 0.1) is 40.4 Å². The average Bonchev–Trinajstić information content (AvgIpc) is 2.50. The molecule has 0 radical (unpaired) electrons. The van der Waals surface area contributed by atoms with E-state index >= 15 is 0 Å². The fraction of sp³-hybridized carbons (Fsp3) is 0.833. The summed E-state index contributed by atoms with van der Waals surface area (Å²) >= 11 is 0. The summed E-state index contributed by atoms with van der Waals surface area (Å²) in [6, 6.07) is 1.35. The second-order valence-electron chi connectivity index (χ2n) is 8.01. The number of hydrogen-bond acceptors (Lipinski definition) is 4. The van der Waals surface area contributed by atoms with Crippen molar-refractivity contribution in [3.05, 3.63) is 0 Å². The van der Waals surface area contributed by atoms with Crippen molar-refractivity contribution in [2.24, 2.45) is 29.1 Å². The van der Waals surface area contributed by atoms with Crippen LogP contribution < -0.4 is 5.32 Å². The Hall–Kier alpha value is -1.57. The van der Waals surface area contributed by atoms with Crippen LogP contribution >= 0.6 is 0 Å². The lowest BCUT2D eigenvalue weighted by molar-refractivity contribution is -0.154. The maximum atomic E-state index is 13.0. The molecule has 0 saturated heterocycles. The summed E-state index contributed by atoms with van der Waals surface area (Å²) in [6.45, 7) is 1.81. The van der Waals surface area contributed by atoms with Crippen LogP contribution in [0.15, 0.2) is 0 Å². The molecule has 4 rings (SSSR count). The van der Waals surface area contributed by atoms with Gasteiger partial charge in [0.05, 0.1) is 13.2 Å². The van der Waals surface area contributed by atoms with E-state index in [4.69, 9.17) is 10.00 Å². The molecule has 23 heavy (non-hydrogen) atoms. The molecule has 0 heterocycles. The minimum atomic E-state index is -0.722. The van der Waals surface area contributed by atoms with Gasteiger partial charge < -0.3 is 10.1 Å². The van der Waals surface area contributed by atoms with Crippen molar-refractivity contribution >= 4 is 11.9 Å². The lowest BCUT2D eigenvalue weighted by atomic mass is 9.49. The molecule has 4 aliphatic rings. The fourth-order valence-electron chi connectivity index (χ4n) is 5.51. The number of ether oxygens (including phenoxy) is 1. The van der Waals surface area contributed by atoms with Gasteiger partial charge in [-0.15, -0.1) is 0 Å². The predicted octanol–water partition coefficient (Wildman–Crippen LogP) is 2.41. The molecule has 2 atom stereocenters. The lowest BCUT2D eigenvalue weighted by Crippen LogP contribution is -2.57. The first-order valence-electron chi connectivity index (χ1n) is 8.73. The quantitative estimate of drug-likeness (QED) is 0.790. The van der Waals surface area contributed by atoms with Crippen molar-refractivity contribution in [3.63, 3.8) is 0 Å². The molecule has 0 unspecified atom stereocenters. The zero-order chi connectivity index (χ0) is 16.6. The first-order chi connectivity index (χ1) is 11.0. The third-order valence-corrected chi connectivity index (χ3v) is 6.24. The van der Waals surface area contributed by atoms with Crippen molar-refractivity contribution in [2.45, 2.75) is 57.9 Å². The van der Waals surface area contributed by atoms with Crippen molar-refractivity contribution in [2.75, 3.05) is 7.11 Å². The molecule has 126 valence electrons. The van der Waals surface area contributed by atoms with Crippen molar-refractivity contribution in [1.29, 1.82) is 5.26 Å². The zero-order valence-electron chi connectivity index (χ0n) is 14.0. The molecule has 4 saturated carbocycles. The maximum Gasteiger partial charge on any atom is 0.328 e. The van der Waals surface area contributed by atoms with Gasteiger partial charge in [0.25, 0.3) is 0 Å². The molecular weight excluding hydrogens is 292 g/mol. The normalized spacial score (nSPS) is 36.8. The number of nitrogens with zero attached hydrogens (tertiary/aromatic N) is 1. The Kier molecular flexibility index (Phi) is 4.35. The van der Waals surface area contributed by atoms with Gasteiger partial charge in [-0.1, -0.05) is 6.92 Å². The van der Waals surface area contributed by atoms with Crippen molar-refractivity contribution in [1.82, 2.24) is 5.32 Å². The third-order valence-electron chi connectivity index (χ3n) is 6.24. The van der Waals surface area contributed by atoms with Crippen molar-refractivity contribution < 1.29 is 14.3 Å². The molecule has 4 bridgehead atoms. The predicted molar refractivity (Wildman–Crippen MR) is 83.9 cm³/mol. The van der Waals surface area contributed by atoms with E-state index in [-0.39, 0.29) is 23.7 Å². The molecule has 4 aliphatic carbocycles. The Balaban J connectivity index is 1.74. The number of carbonyl (C=O) groups is 2. The van der Waals surface area contributed by atoms with E-state index in [0.717, 1.165) is 19.3 Å². The monoisotopic (exact) mass is 318 g/mol. The zero-order valence-corrected chi connectivity index (χ0v) is 14.0. The van der Waals surface area contributed by atoms with Gasteiger partial charge in [0.15, 0.2) is 0 Å². The average molecular weight is 318 g/mol. The highest BCUT2D eigenvalue weighted by molar-refractivity contribution is 5.88. The topological polar surface area (TPSA) is 79.2 Å². The molecule has 0 aromatic heterocycles. The summed E-state index contributed by atoms with van der Waals surface area (Å²) in [4.78, 5) is 25.1. The van der Waals surface area contributed by atoms with E-state index in [0.29, 0.717) is 17.8 Å². The Labute approximate surface area is 137 Å². The number of amides is 1. The van der Waals surface area contributed by atoms with E-state index in [9.17, 15) is 9.59 Å². The third kappa shape index (κ3) is 2.96. The molecule has 0 spiro atoms. The van der Waals surface area contributed by atoms with Gasteiger partial charge in [-0.3, -0.25) is 4.79 Å². The SMILES string of the molecule is COC(=O)[C@@H](NC(=O)C12CC3CC(CC(C3)C1)C2)[C@H](C)CC#N. The van der Waals surface area contributed by atoms with Crippen LogP contribution in [0.1, 0.15) is 51.9 Å². The molecule has 0 aliphatic heterocycles. The number of rotatable bonds is 5. The molecule has 1 amide bonds. The van der Waals surface area contributed by atoms with Gasteiger partial charge in [0.2, 0.25) is 5.91 Å². The molecular formula is C18H26N2O3. The van der Waals surface area contributed by atoms with E-state index in [1.165, 1.54) is 26.4 Å². The van der Waals surface area contributed by atoms with Gasteiger partial charge in [-0.25, -0.2) is 4.79 Å². The summed E-state index contributed by atoms with van der Waals surface area (Å²) in [5.41, 5.74) is -0.284. The van der Waals surface area contributed by atoms with Crippen LogP contribution in [0.4, 0.5) is 0 Å². The first-order valence-corrected chi connectivity index (χ1v) is 8.73. The van der Waals surface area contributed by atoms with Crippen LogP contribution in [0.25, 0.3) is 0 Å². The highest BCUT2D eigenvalue weighted by atomic mass is 16.5. The van der Waals surface area contributed by atoms with Crippen LogP contribution in [-0.2, 0) is 14.3 Å². The largest absolute Gasteiger partial charge is 0.467 e. The maximum absolute atomic E-state index is 13.0. The smallest absolute Gasteiger partial charge is 0.328 e. The summed E-state index contributed by atoms with van der Waals surface area (Å²) < 4.78 is 4.84. The minimum Gasteiger partial charge on any atom is -0.467 e. The van der Waals surface area contributed by atoms with Gasteiger partial charge in [-0.2, -0.15) is 5.26 Å². The second-order valence-corrected chi connectivity index (χ2v) is 8.01. The van der Waals surface area contributed by atoms with E-state index in [1.807, 2.05) is 6.92 Å². The van der Waals surface area contributed by atoms with Crippen molar-refractivity contribution in [3.8, 4) is 6.07 Å². The fourth-order valence-corrected chi connectivity index (χ4v) is 5.51. The summed E-state index contributed by atoms with van der Waals surface area (Å²) in [5.74, 6) is 1.35. The standard InChI is InChI=1S/C18H26N2O3/c1-11(3-4-19)15(16(21)23-2)20-17(22)18-8-12-5-13(9-18)7-14(6-12)10-18/h11-15H,3,5-10H2,1-2H3,(H,20,22)/t11-,12?,13?,14?,15+,18?/m1/s1.